The van der Waals surface area contributed by atoms with E-state index in [1.807, 2.05) is 19.9 Å². The Labute approximate surface area is 133 Å². The molecule has 3 rings (SSSR count). The Bertz CT molecular complexity index is 732. The second kappa shape index (κ2) is 6.71. The molecule has 0 fully saturated rings. The van der Waals surface area contributed by atoms with E-state index in [4.69, 9.17) is 16.0 Å². The molecule has 0 radical (unpaired) electrons. The molecule has 0 spiro atoms. The Balaban J connectivity index is 0.000000847. The van der Waals surface area contributed by atoms with Crippen molar-refractivity contribution in [2.24, 2.45) is 0 Å². The van der Waals surface area contributed by atoms with Gasteiger partial charge in [0, 0.05) is 11.6 Å². The van der Waals surface area contributed by atoms with Crippen molar-refractivity contribution in [2.45, 2.75) is 26.7 Å². The molecule has 0 unspecified atom stereocenters. The zero-order chi connectivity index (χ0) is 16.3. The molecule has 0 N–H and O–H groups in total. The van der Waals surface area contributed by atoms with Crippen molar-refractivity contribution in [3.63, 3.8) is 0 Å². The summed E-state index contributed by atoms with van der Waals surface area (Å²) in [7, 11) is 0. The molecule has 1 aromatic rings. The van der Waals surface area contributed by atoms with E-state index in [-0.39, 0.29) is 27.7 Å². The molecule has 0 aliphatic heterocycles. The smallest absolute Gasteiger partial charge is 0.237 e. The van der Waals surface area contributed by atoms with Crippen LogP contribution in [0.1, 0.15) is 53.2 Å². The number of rotatable bonds is 2. The number of hydrogen-bond donors (Lipinski definition) is 0. The number of hydrogen-bond acceptors (Lipinski definition) is 4. The van der Waals surface area contributed by atoms with Gasteiger partial charge in [-0.3, -0.25) is 14.4 Å². The lowest BCUT2D eigenvalue weighted by Gasteiger charge is -2.08. The average molecular weight is 319 g/mol. The maximum absolute atomic E-state index is 12.4. The summed E-state index contributed by atoms with van der Waals surface area (Å²) in [5.41, 5.74) is 0.542. The Morgan fingerprint density at radius 2 is 1.95 bits per heavy atom. The molecule has 2 aliphatic rings. The number of Topliss-reactive ketones (excluding diaryl/α,β-unsaturated/α-hetero) is 2. The van der Waals surface area contributed by atoms with Crippen molar-refractivity contribution < 1.29 is 18.8 Å². The van der Waals surface area contributed by atoms with Gasteiger partial charge in [-0.25, -0.2) is 0 Å². The first-order valence-electron chi connectivity index (χ1n) is 7.08. The summed E-state index contributed by atoms with van der Waals surface area (Å²) in [4.78, 5) is 35.8. The molecule has 0 amide bonds. The molecule has 1 heterocycles. The maximum Gasteiger partial charge on any atom is 0.237 e. The molecule has 0 aromatic carbocycles. The largest absolute Gasteiger partial charge is 0.462 e. The van der Waals surface area contributed by atoms with E-state index in [2.05, 4.69) is 0 Å². The van der Waals surface area contributed by atoms with E-state index in [1.165, 1.54) is 6.26 Å². The van der Waals surface area contributed by atoms with Gasteiger partial charge in [-0.05, 0) is 12.8 Å². The van der Waals surface area contributed by atoms with Crippen LogP contribution < -0.4 is 0 Å². The number of ketones is 3. The van der Waals surface area contributed by atoms with Crippen molar-refractivity contribution >= 4 is 34.0 Å². The third-order valence-corrected chi connectivity index (χ3v) is 3.50. The van der Waals surface area contributed by atoms with Crippen LogP contribution in [0, 0.1) is 0 Å². The highest BCUT2D eigenvalue weighted by molar-refractivity contribution is 6.60. The minimum absolute atomic E-state index is 0.0348. The number of fused-ring (bicyclic) bond motifs is 1. The first-order valence-corrected chi connectivity index (χ1v) is 7.46. The molecule has 0 atom stereocenters. The van der Waals surface area contributed by atoms with E-state index in [0.29, 0.717) is 5.57 Å². The lowest BCUT2D eigenvalue weighted by Crippen LogP contribution is -2.19. The summed E-state index contributed by atoms with van der Waals surface area (Å²) < 4.78 is 5.18. The maximum atomic E-state index is 12.4. The topological polar surface area (TPSA) is 64.3 Å². The molecular formula is C17H15ClO4. The summed E-state index contributed by atoms with van der Waals surface area (Å²) in [5.74, 6) is -1.76. The molecule has 5 heteroatoms. The van der Waals surface area contributed by atoms with Gasteiger partial charge >= 0.3 is 0 Å². The number of halogens is 1. The van der Waals surface area contributed by atoms with Gasteiger partial charge in [-0.15, -0.1) is 0 Å². The minimum Gasteiger partial charge on any atom is -0.462 e. The molecular weight excluding hydrogens is 304 g/mol. The molecule has 0 saturated carbocycles. The molecule has 0 saturated heterocycles. The zero-order valence-corrected chi connectivity index (χ0v) is 13.1. The van der Waals surface area contributed by atoms with E-state index < -0.39 is 11.6 Å². The first-order chi connectivity index (χ1) is 10.6. The third-order valence-electron chi connectivity index (χ3n) is 3.22. The predicted octanol–water partition coefficient (Wildman–Crippen LogP) is 4.11. The zero-order valence-electron chi connectivity index (χ0n) is 12.3. The SMILES string of the molecule is CC.O=C1C=C(Cl)c2occ(C(=O)C3=CCCC=C3)c2C1=O. The number of furan rings is 1. The van der Waals surface area contributed by atoms with Crippen LogP contribution in [-0.4, -0.2) is 17.3 Å². The van der Waals surface area contributed by atoms with Crippen molar-refractivity contribution in [1.29, 1.82) is 0 Å². The molecule has 114 valence electrons. The van der Waals surface area contributed by atoms with Crippen molar-refractivity contribution in [1.82, 2.24) is 0 Å². The van der Waals surface area contributed by atoms with Gasteiger partial charge in [-0.1, -0.05) is 43.7 Å². The van der Waals surface area contributed by atoms with Gasteiger partial charge in [0.1, 0.15) is 6.26 Å². The molecule has 1 aromatic heterocycles. The summed E-state index contributed by atoms with van der Waals surface area (Å²) in [6.45, 7) is 4.00. The molecule has 22 heavy (non-hydrogen) atoms. The van der Waals surface area contributed by atoms with E-state index in [9.17, 15) is 14.4 Å². The minimum atomic E-state index is -0.762. The number of allylic oxidation sites excluding steroid dienone is 5. The van der Waals surface area contributed by atoms with Crippen LogP contribution in [0.4, 0.5) is 0 Å². The van der Waals surface area contributed by atoms with Gasteiger partial charge in [-0.2, -0.15) is 0 Å². The van der Waals surface area contributed by atoms with Crippen LogP contribution in [0.5, 0.6) is 0 Å². The average Bonchev–Trinajstić information content (AvgIpc) is 3.00. The fraction of sp³-hybridized carbons (Fsp3) is 0.235. The van der Waals surface area contributed by atoms with Crippen LogP contribution in [0.25, 0.3) is 5.03 Å². The normalized spacial score (nSPS) is 16.3. The van der Waals surface area contributed by atoms with Crippen molar-refractivity contribution in [3.05, 3.63) is 53.0 Å². The highest BCUT2D eigenvalue weighted by atomic mass is 35.5. The van der Waals surface area contributed by atoms with Crippen molar-refractivity contribution in [3.8, 4) is 0 Å². The van der Waals surface area contributed by atoms with E-state index in [0.717, 1.165) is 18.9 Å². The summed E-state index contributed by atoms with van der Waals surface area (Å²) >= 11 is 5.87. The number of carbonyl (C=O) groups is 3. The Morgan fingerprint density at radius 3 is 2.59 bits per heavy atom. The van der Waals surface area contributed by atoms with Crippen LogP contribution >= 0.6 is 11.6 Å². The summed E-state index contributed by atoms with van der Waals surface area (Å²) in [6.07, 6.45) is 9.23. The monoisotopic (exact) mass is 318 g/mol. The van der Waals surface area contributed by atoms with Crippen LogP contribution in [0.2, 0.25) is 0 Å². The van der Waals surface area contributed by atoms with Gasteiger partial charge < -0.3 is 4.42 Å². The fourth-order valence-corrected chi connectivity index (χ4v) is 2.47. The second-order valence-corrected chi connectivity index (χ2v) is 4.91. The Morgan fingerprint density at radius 1 is 1.23 bits per heavy atom. The lowest BCUT2D eigenvalue weighted by atomic mass is 9.92. The summed E-state index contributed by atoms with van der Waals surface area (Å²) in [5, 5.41) is 0.0387. The second-order valence-electron chi connectivity index (χ2n) is 4.51. The predicted molar refractivity (Wildman–Crippen MR) is 84.0 cm³/mol. The Hall–Kier alpha value is -2.20. The molecule has 4 nitrogen and oxygen atoms in total. The quantitative estimate of drug-likeness (QED) is 0.608. The fourth-order valence-electron chi connectivity index (χ4n) is 2.23. The standard InChI is InChI=1S/C15H9ClO4.C2H6/c16-10-6-11(17)14(19)12-9(7-20-15(10)12)13(18)8-4-2-1-3-5-8;1-2/h2,4-7H,1,3H2;1-2H3. The van der Waals surface area contributed by atoms with Gasteiger partial charge in [0.15, 0.2) is 11.5 Å². The van der Waals surface area contributed by atoms with Gasteiger partial charge in [0.2, 0.25) is 11.6 Å². The molecule has 0 bridgehead atoms. The van der Waals surface area contributed by atoms with Crippen LogP contribution in [0.15, 0.2) is 40.6 Å². The highest BCUT2D eigenvalue weighted by Gasteiger charge is 2.34. The lowest BCUT2D eigenvalue weighted by molar-refractivity contribution is -0.111. The van der Waals surface area contributed by atoms with E-state index >= 15 is 0 Å². The molecule has 2 aliphatic carbocycles. The van der Waals surface area contributed by atoms with Crippen LogP contribution in [-0.2, 0) is 4.79 Å². The number of carbonyl (C=O) groups excluding carboxylic acids is 3. The summed E-state index contributed by atoms with van der Waals surface area (Å²) in [6, 6.07) is 0. The van der Waals surface area contributed by atoms with Gasteiger partial charge in [0.25, 0.3) is 0 Å². The first kappa shape index (κ1) is 16.2. The third kappa shape index (κ3) is 2.74. The van der Waals surface area contributed by atoms with Crippen LogP contribution in [0.3, 0.4) is 0 Å². The van der Waals surface area contributed by atoms with Crippen molar-refractivity contribution in [2.75, 3.05) is 0 Å². The van der Waals surface area contributed by atoms with Gasteiger partial charge in [0.05, 0.1) is 16.2 Å². The Kier molecular flexibility index (Phi) is 4.93. The van der Waals surface area contributed by atoms with E-state index in [1.54, 1.807) is 12.2 Å². The highest BCUT2D eigenvalue weighted by Crippen LogP contribution is 2.33.